The zero-order valence-electron chi connectivity index (χ0n) is 11.7. The van der Waals surface area contributed by atoms with Gasteiger partial charge in [-0.05, 0) is 42.7 Å². The molecule has 116 valence electrons. The van der Waals surface area contributed by atoms with Crippen LogP contribution in [0, 0.1) is 5.82 Å². The molecule has 22 heavy (non-hydrogen) atoms. The molecular weight excluding hydrogens is 325 g/mol. The molecule has 1 atom stereocenters. The lowest BCUT2D eigenvalue weighted by Crippen LogP contribution is -2.30. The van der Waals surface area contributed by atoms with Crippen LogP contribution in [-0.4, -0.2) is 19.3 Å². The summed E-state index contributed by atoms with van der Waals surface area (Å²) in [5, 5.41) is 0.201. The van der Waals surface area contributed by atoms with Crippen molar-refractivity contribution in [2.24, 2.45) is 0 Å². The topological polar surface area (TPSA) is 37.4 Å². The third-order valence-corrected chi connectivity index (χ3v) is 6.27. The van der Waals surface area contributed by atoms with Crippen LogP contribution in [0.4, 0.5) is 4.39 Å². The molecule has 0 aromatic heterocycles. The first kappa shape index (κ1) is 15.5. The minimum Gasteiger partial charge on any atom is -0.207 e. The Labute approximate surface area is 134 Å². The first-order valence-corrected chi connectivity index (χ1v) is 8.84. The van der Waals surface area contributed by atoms with Gasteiger partial charge in [-0.25, -0.2) is 12.8 Å². The molecule has 0 N–H and O–H groups in total. The van der Waals surface area contributed by atoms with E-state index in [4.69, 9.17) is 11.6 Å². The van der Waals surface area contributed by atoms with E-state index < -0.39 is 10.0 Å². The van der Waals surface area contributed by atoms with Crippen LogP contribution in [0.3, 0.4) is 0 Å². The quantitative estimate of drug-likeness (QED) is 0.847. The van der Waals surface area contributed by atoms with E-state index in [0.717, 1.165) is 6.42 Å². The molecule has 1 aliphatic rings. The second kappa shape index (κ2) is 5.99. The summed E-state index contributed by atoms with van der Waals surface area (Å²) in [6.45, 7) is 0.411. The number of nitrogens with zero attached hydrogens (tertiary/aromatic N) is 1. The molecule has 0 saturated carbocycles. The van der Waals surface area contributed by atoms with Crippen LogP contribution in [0.15, 0.2) is 53.4 Å². The summed E-state index contributed by atoms with van der Waals surface area (Å²) in [6.07, 6.45) is 1.41. The van der Waals surface area contributed by atoms with Crippen LogP contribution >= 0.6 is 11.6 Å². The van der Waals surface area contributed by atoms with E-state index in [2.05, 4.69) is 0 Å². The second-order valence-electron chi connectivity index (χ2n) is 5.26. The van der Waals surface area contributed by atoms with Gasteiger partial charge in [-0.15, -0.1) is 0 Å². The van der Waals surface area contributed by atoms with Crippen LogP contribution in [0.5, 0.6) is 0 Å². The van der Waals surface area contributed by atoms with Gasteiger partial charge in [0.25, 0.3) is 0 Å². The predicted molar refractivity (Wildman–Crippen MR) is 83.7 cm³/mol. The molecule has 3 nitrogen and oxygen atoms in total. The summed E-state index contributed by atoms with van der Waals surface area (Å²) in [5.74, 6) is -0.362. The number of sulfonamides is 1. The van der Waals surface area contributed by atoms with Crippen molar-refractivity contribution in [3.8, 4) is 0 Å². The number of halogens is 2. The lowest BCUT2D eigenvalue weighted by atomic mass is 10.1. The molecule has 6 heteroatoms. The molecule has 1 fully saturated rings. The van der Waals surface area contributed by atoms with Crippen molar-refractivity contribution in [2.75, 3.05) is 6.54 Å². The average Bonchev–Trinajstić information content (AvgIpc) is 2.98. The Morgan fingerprint density at radius 2 is 1.91 bits per heavy atom. The Bertz CT molecular complexity index is 794. The van der Waals surface area contributed by atoms with E-state index in [1.165, 1.54) is 22.5 Å². The highest BCUT2D eigenvalue weighted by Gasteiger charge is 2.37. The molecule has 0 bridgehead atoms. The fraction of sp³-hybridized carbons (Fsp3) is 0.250. The van der Waals surface area contributed by atoms with Gasteiger partial charge in [0, 0.05) is 6.54 Å². The van der Waals surface area contributed by atoms with Crippen molar-refractivity contribution in [1.82, 2.24) is 4.31 Å². The van der Waals surface area contributed by atoms with Gasteiger partial charge in [0.05, 0.1) is 11.1 Å². The monoisotopic (exact) mass is 339 g/mol. The lowest BCUT2D eigenvalue weighted by molar-refractivity contribution is 0.395. The van der Waals surface area contributed by atoms with Crippen molar-refractivity contribution < 1.29 is 12.8 Å². The highest BCUT2D eigenvalue weighted by Crippen LogP contribution is 2.38. The van der Waals surface area contributed by atoms with Crippen LogP contribution in [0.25, 0.3) is 0 Å². The first-order chi connectivity index (χ1) is 10.5. The van der Waals surface area contributed by atoms with Crippen molar-refractivity contribution in [3.05, 3.63) is 64.9 Å². The minimum absolute atomic E-state index is 0.0972. The average molecular weight is 340 g/mol. The van der Waals surface area contributed by atoms with Gasteiger partial charge < -0.3 is 0 Å². The zero-order valence-corrected chi connectivity index (χ0v) is 13.3. The van der Waals surface area contributed by atoms with Crippen LogP contribution in [0.2, 0.25) is 5.02 Å². The van der Waals surface area contributed by atoms with E-state index in [9.17, 15) is 12.8 Å². The molecule has 0 aliphatic carbocycles. The SMILES string of the molecule is O=S(=O)(c1ccccc1Cl)N1CCC[C@H]1c1cccc(F)c1. The molecular formula is C16H15ClFNO2S. The third-order valence-electron chi connectivity index (χ3n) is 3.86. The van der Waals surface area contributed by atoms with E-state index in [1.54, 1.807) is 30.3 Å². The van der Waals surface area contributed by atoms with Gasteiger partial charge in [-0.2, -0.15) is 4.31 Å². The fourth-order valence-corrected chi connectivity index (χ4v) is 5.03. The molecule has 0 unspecified atom stereocenters. The highest BCUT2D eigenvalue weighted by atomic mass is 35.5. The Hall–Kier alpha value is -1.43. The molecule has 0 radical (unpaired) electrons. The largest absolute Gasteiger partial charge is 0.245 e. The molecule has 2 aromatic carbocycles. The highest BCUT2D eigenvalue weighted by molar-refractivity contribution is 7.89. The van der Waals surface area contributed by atoms with Crippen molar-refractivity contribution in [1.29, 1.82) is 0 Å². The van der Waals surface area contributed by atoms with Gasteiger partial charge in [0.1, 0.15) is 10.7 Å². The minimum atomic E-state index is -3.70. The van der Waals surface area contributed by atoms with Crippen LogP contribution in [0.1, 0.15) is 24.4 Å². The molecule has 2 aromatic rings. The van der Waals surface area contributed by atoms with Gasteiger partial charge in [0.15, 0.2) is 0 Å². The Morgan fingerprint density at radius 1 is 1.14 bits per heavy atom. The first-order valence-electron chi connectivity index (χ1n) is 7.02. The predicted octanol–water partition coefficient (Wildman–Crippen LogP) is 4.00. The van der Waals surface area contributed by atoms with Gasteiger partial charge in [-0.1, -0.05) is 35.9 Å². The number of hydrogen-bond acceptors (Lipinski definition) is 2. The third kappa shape index (κ3) is 2.76. The molecule has 0 spiro atoms. The van der Waals surface area contributed by atoms with Gasteiger partial charge in [-0.3, -0.25) is 0 Å². The summed E-state index contributed by atoms with van der Waals surface area (Å²) >= 11 is 6.04. The smallest absolute Gasteiger partial charge is 0.207 e. The van der Waals surface area contributed by atoms with Crippen LogP contribution < -0.4 is 0 Å². The van der Waals surface area contributed by atoms with Gasteiger partial charge >= 0.3 is 0 Å². The number of rotatable bonds is 3. The number of benzene rings is 2. The van der Waals surface area contributed by atoms with Gasteiger partial charge in [0.2, 0.25) is 10.0 Å². The summed E-state index contributed by atoms with van der Waals surface area (Å²) in [5.41, 5.74) is 0.674. The maximum Gasteiger partial charge on any atom is 0.245 e. The standard InChI is InChI=1S/C16H15ClFNO2S/c17-14-7-1-2-9-16(14)22(20,21)19-10-4-8-15(19)12-5-3-6-13(18)11-12/h1-3,5-7,9,11,15H,4,8,10H2/t15-/m0/s1. The molecule has 3 rings (SSSR count). The molecule has 0 amide bonds. The normalized spacial score (nSPS) is 19.5. The summed E-state index contributed by atoms with van der Waals surface area (Å²) in [6, 6.07) is 12.1. The maximum atomic E-state index is 13.4. The number of hydrogen-bond donors (Lipinski definition) is 0. The van der Waals surface area contributed by atoms with E-state index >= 15 is 0 Å². The zero-order chi connectivity index (χ0) is 15.7. The summed E-state index contributed by atoms with van der Waals surface area (Å²) in [7, 11) is -3.70. The lowest BCUT2D eigenvalue weighted by Gasteiger charge is -2.25. The molecule has 1 aliphatic heterocycles. The Kier molecular flexibility index (Phi) is 4.21. The molecule has 1 heterocycles. The molecule has 1 saturated heterocycles. The van der Waals surface area contributed by atoms with E-state index in [-0.39, 0.29) is 21.8 Å². The Morgan fingerprint density at radius 3 is 2.64 bits per heavy atom. The summed E-state index contributed by atoms with van der Waals surface area (Å²) in [4.78, 5) is 0.0972. The summed E-state index contributed by atoms with van der Waals surface area (Å²) < 4.78 is 40.6. The second-order valence-corrected chi connectivity index (χ2v) is 7.53. The van der Waals surface area contributed by atoms with Crippen LogP contribution in [-0.2, 0) is 10.0 Å². The maximum absolute atomic E-state index is 13.4. The van der Waals surface area contributed by atoms with E-state index in [1.807, 2.05) is 0 Å². The van der Waals surface area contributed by atoms with Crippen molar-refractivity contribution in [2.45, 2.75) is 23.8 Å². The van der Waals surface area contributed by atoms with E-state index in [0.29, 0.717) is 18.5 Å². The Balaban J connectivity index is 2.01. The van der Waals surface area contributed by atoms with Crippen molar-refractivity contribution >= 4 is 21.6 Å². The van der Waals surface area contributed by atoms with Crippen molar-refractivity contribution in [3.63, 3.8) is 0 Å². The fourth-order valence-electron chi connectivity index (χ4n) is 2.86.